The minimum Gasteiger partial charge on any atom is -0.461 e. The first-order chi connectivity index (χ1) is 9.84. The molecular formula is C16H31NO3S. The lowest BCUT2D eigenvalue weighted by Gasteiger charge is -2.27. The molecule has 1 aliphatic rings. The molecular weight excluding hydrogens is 286 g/mol. The van der Waals surface area contributed by atoms with E-state index < -0.39 is 11.0 Å². The molecule has 1 fully saturated rings. The van der Waals surface area contributed by atoms with Gasteiger partial charge in [0, 0.05) is 6.42 Å². The second-order valence-electron chi connectivity index (χ2n) is 6.88. The normalized spacial score (nSPS) is 22.1. The summed E-state index contributed by atoms with van der Waals surface area (Å²) in [5, 5.41) is 0. The van der Waals surface area contributed by atoms with Crippen LogP contribution in [0.3, 0.4) is 0 Å². The van der Waals surface area contributed by atoms with Crippen LogP contribution in [-0.2, 0) is 20.5 Å². The highest BCUT2D eigenvalue weighted by Gasteiger charge is 2.33. The topological polar surface area (TPSA) is 55.4 Å². The Labute approximate surface area is 132 Å². The fraction of sp³-hybridized carbons (Fsp3) is 0.938. The lowest BCUT2D eigenvalue weighted by molar-refractivity contribution is -0.142. The average molecular weight is 317 g/mol. The van der Waals surface area contributed by atoms with Gasteiger partial charge in [-0.05, 0) is 33.6 Å². The molecule has 1 aliphatic heterocycles. The van der Waals surface area contributed by atoms with Gasteiger partial charge in [0.1, 0.15) is 6.10 Å². The predicted octanol–water partition coefficient (Wildman–Crippen LogP) is 3.47. The van der Waals surface area contributed by atoms with Gasteiger partial charge in [-0.1, -0.05) is 39.0 Å². The maximum absolute atomic E-state index is 12.3. The highest BCUT2D eigenvalue weighted by molar-refractivity contribution is 7.84. The first kappa shape index (κ1) is 18.6. The molecule has 1 unspecified atom stereocenters. The van der Waals surface area contributed by atoms with Crippen LogP contribution in [0.25, 0.3) is 0 Å². The van der Waals surface area contributed by atoms with Gasteiger partial charge in [0.2, 0.25) is 0 Å². The standard InChI is InChI=1S/C16H31NO3S/c1-5-6-7-8-9-10-13(14-11-12-15(18)20-14)17-21(19)16(2,3)4/h13-14,17H,5-12H2,1-4H3/t13-,14+,21?/m0/s1. The summed E-state index contributed by atoms with van der Waals surface area (Å²) in [6.45, 7) is 8.06. The number of cyclic esters (lactones) is 1. The molecule has 5 heteroatoms. The minimum atomic E-state index is -1.12. The minimum absolute atomic E-state index is 0.0122. The maximum Gasteiger partial charge on any atom is 0.306 e. The van der Waals surface area contributed by atoms with Gasteiger partial charge in [0.25, 0.3) is 0 Å². The van der Waals surface area contributed by atoms with Crippen molar-refractivity contribution in [3.05, 3.63) is 0 Å². The zero-order valence-corrected chi connectivity index (χ0v) is 14.8. The van der Waals surface area contributed by atoms with E-state index in [1.54, 1.807) is 0 Å². The van der Waals surface area contributed by atoms with Crippen LogP contribution < -0.4 is 4.72 Å². The summed E-state index contributed by atoms with van der Waals surface area (Å²) in [6, 6.07) is 0.0122. The third-order valence-corrected chi connectivity index (χ3v) is 5.43. The van der Waals surface area contributed by atoms with Gasteiger partial charge in [-0.15, -0.1) is 0 Å². The van der Waals surface area contributed by atoms with Crippen LogP contribution in [0.2, 0.25) is 0 Å². The molecule has 0 radical (unpaired) electrons. The monoisotopic (exact) mass is 317 g/mol. The van der Waals surface area contributed by atoms with Gasteiger partial charge in [-0.25, -0.2) is 8.93 Å². The van der Waals surface area contributed by atoms with E-state index in [2.05, 4.69) is 11.6 Å². The molecule has 0 aliphatic carbocycles. The molecule has 1 heterocycles. The molecule has 124 valence electrons. The van der Waals surface area contributed by atoms with Crippen LogP contribution in [0.1, 0.15) is 79.1 Å². The first-order valence-corrected chi connectivity index (χ1v) is 9.37. The van der Waals surface area contributed by atoms with Crippen LogP contribution in [0.4, 0.5) is 0 Å². The SMILES string of the molecule is CCCCCCC[C@H](NS(=O)C(C)(C)C)[C@H]1CCC(=O)O1. The Bertz CT molecular complexity index is 352. The largest absolute Gasteiger partial charge is 0.461 e. The van der Waals surface area contributed by atoms with E-state index in [0.717, 1.165) is 19.3 Å². The summed E-state index contributed by atoms with van der Waals surface area (Å²) in [7, 11) is -1.12. The second-order valence-corrected chi connectivity index (χ2v) is 8.87. The van der Waals surface area contributed by atoms with Gasteiger partial charge in [0.15, 0.2) is 0 Å². The number of esters is 1. The van der Waals surface area contributed by atoms with Gasteiger partial charge in [-0.3, -0.25) is 4.79 Å². The number of carbonyl (C=O) groups is 1. The summed E-state index contributed by atoms with van der Waals surface area (Å²) >= 11 is 0. The number of rotatable bonds is 9. The van der Waals surface area contributed by atoms with Crippen LogP contribution >= 0.6 is 0 Å². The molecule has 0 saturated carbocycles. The lowest BCUT2D eigenvalue weighted by Crippen LogP contribution is -2.45. The van der Waals surface area contributed by atoms with Gasteiger partial charge in [-0.2, -0.15) is 0 Å². The Morgan fingerprint density at radius 1 is 1.29 bits per heavy atom. The van der Waals surface area contributed by atoms with Crippen LogP contribution in [-0.4, -0.2) is 27.1 Å². The summed E-state index contributed by atoms with van der Waals surface area (Å²) in [4.78, 5) is 11.3. The molecule has 0 aromatic carbocycles. The molecule has 1 saturated heterocycles. The number of ether oxygens (including phenoxy) is 1. The van der Waals surface area contributed by atoms with E-state index in [4.69, 9.17) is 4.74 Å². The highest BCUT2D eigenvalue weighted by atomic mass is 32.2. The maximum atomic E-state index is 12.3. The Hall–Kier alpha value is -0.420. The van der Waals surface area contributed by atoms with Crippen molar-refractivity contribution in [1.29, 1.82) is 0 Å². The summed E-state index contributed by atoms with van der Waals surface area (Å²) in [6.07, 6.45) is 8.06. The van der Waals surface area contributed by atoms with E-state index in [1.807, 2.05) is 20.8 Å². The molecule has 21 heavy (non-hydrogen) atoms. The Kier molecular flexibility index (Phi) is 7.88. The number of hydrogen-bond donors (Lipinski definition) is 1. The third-order valence-electron chi connectivity index (χ3n) is 3.80. The number of hydrogen-bond acceptors (Lipinski definition) is 3. The van der Waals surface area contributed by atoms with Crippen molar-refractivity contribution in [2.75, 3.05) is 0 Å². The zero-order valence-electron chi connectivity index (χ0n) is 13.9. The van der Waals surface area contributed by atoms with Gasteiger partial charge in [0.05, 0.1) is 21.8 Å². The van der Waals surface area contributed by atoms with Crippen LogP contribution in [0.5, 0.6) is 0 Å². The zero-order chi connectivity index (χ0) is 15.9. The van der Waals surface area contributed by atoms with Gasteiger partial charge < -0.3 is 4.74 Å². The van der Waals surface area contributed by atoms with Crippen molar-refractivity contribution >= 4 is 17.0 Å². The molecule has 0 aromatic rings. The molecule has 0 spiro atoms. The van der Waals surface area contributed by atoms with Crippen molar-refractivity contribution in [3.8, 4) is 0 Å². The predicted molar refractivity (Wildman–Crippen MR) is 87.3 cm³/mol. The highest BCUT2D eigenvalue weighted by Crippen LogP contribution is 2.22. The van der Waals surface area contributed by atoms with Crippen molar-refractivity contribution in [2.45, 2.75) is 96.0 Å². The molecule has 0 bridgehead atoms. The van der Waals surface area contributed by atoms with E-state index in [0.29, 0.717) is 6.42 Å². The second kappa shape index (κ2) is 8.89. The number of carbonyl (C=O) groups excluding carboxylic acids is 1. The molecule has 0 amide bonds. The molecule has 4 nitrogen and oxygen atoms in total. The third kappa shape index (κ3) is 6.92. The first-order valence-electron chi connectivity index (χ1n) is 8.22. The molecule has 3 atom stereocenters. The molecule has 1 N–H and O–H groups in total. The molecule has 1 rings (SSSR count). The van der Waals surface area contributed by atoms with Crippen LogP contribution in [0.15, 0.2) is 0 Å². The van der Waals surface area contributed by atoms with Crippen molar-refractivity contribution < 1.29 is 13.7 Å². The average Bonchev–Trinajstić information content (AvgIpc) is 2.82. The Morgan fingerprint density at radius 3 is 2.48 bits per heavy atom. The number of nitrogens with one attached hydrogen (secondary N) is 1. The van der Waals surface area contributed by atoms with E-state index in [9.17, 15) is 9.00 Å². The quantitative estimate of drug-likeness (QED) is 0.523. The van der Waals surface area contributed by atoms with Crippen molar-refractivity contribution in [2.24, 2.45) is 0 Å². The fourth-order valence-corrected chi connectivity index (χ4v) is 3.33. The Morgan fingerprint density at radius 2 is 1.95 bits per heavy atom. The van der Waals surface area contributed by atoms with Crippen LogP contribution in [0, 0.1) is 0 Å². The van der Waals surface area contributed by atoms with Crippen molar-refractivity contribution in [3.63, 3.8) is 0 Å². The summed E-state index contributed by atoms with van der Waals surface area (Å²) in [5.41, 5.74) is 0. The molecule has 0 aromatic heterocycles. The van der Waals surface area contributed by atoms with Crippen molar-refractivity contribution in [1.82, 2.24) is 4.72 Å². The van der Waals surface area contributed by atoms with E-state index >= 15 is 0 Å². The Balaban J connectivity index is 2.50. The number of unbranched alkanes of at least 4 members (excludes halogenated alkanes) is 4. The van der Waals surface area contributed by atoms with E-state index in [1.165, 1.54) is 25.7 Å². The smallest absolute Gasteiger partial charge is 0.306 e. The fourth-order valence-electron chi connectivity index (χ4n) is 2.43. The van der Waals surface area contributed by atoms with E-state index in [-0.39, 0.29) is 22.9 Å². The summed E-state index contributed by atoms with van der Waals surface area (Å²) < 4.78 is 20.6. The van der Waals surface area contributed by atoms with Gasteiger partial charge >= 0.3 is 5.97 Å². The lowest BCUT2D eigenvalue weighted by atomic mass is 10.0. The summed E-state index contributed by atoms with van der Waals surface area (Å²) in [5.74, 6) is -0.126.